The summed E-state index contributed by atoms with van der Waals surface area (Å²) in [5, 5.41) is 12.0. The molecule has 3 nitrogen and oxygen atoms in total. The Kier molecular flexibility index (Phi) is 5.55. The van der Waals surface area contributed by atoms with Gasteiger partial charge in [-0.05, 0) is 43.0 Å². The van der Waals surface area contributed by atoms with Crippen LogP contribution in [0.15, 0.2) is 24.3 Å². The lowest BCUT2D eigenvalue weighted by Crippen LogP contribution is -2.13. The molecule has 1 aromatic rings. The van der Waals surface area contributed by atoms with E-state index in [0.29, 0.717) is 0 Å². The molecule has 0 saturated heterocycles. The molecule has 0 unspecified atom stereocenters. The van der Waals surface area contributed by atoms with Crippen molar-refractivity contribution in [2.75, 3.05) is 18.5 Å². The van der Waals surface area contributed by atoms with Gasteiger partial charge < -0.3 is 10.1 Å². The highest BCUT2D eigenvalue weighted by atomic mass is 16.5. The standard InChI is InChI=1S/C16H22N2O/c17-11-12-19-16-9-7-15(8-10-16)18-13-14-5-3-1-2-4-6-14/h7-10,14,18H,1-6,12-13H2. The fraction of sp³-hybridized carbons (Fsp3) is 0.562. The molecular weight excluding hydrogens is 236 g/mol. The van der Waals surface area contributed by atoms with Crippen LogP contribution in [-0.4, -0.2) is 13.2 Å². The molecule has 1 fully saturated rings. The summed E-state index contributed by atoms with van der Waals surface area (Å²) >= 11 is 0. The Bertz CT molecular complexity index is 400. The third kappa shape index (κ3) is 4.82. The number of rotatable bonds is 5. The summed E-state index contributed by atoms with van der Waals surface area (Å²) in [5.41, 5.74) is 1.13. The predicted molar refractivity (Wildman–Crippen MR) is 77.2 cm³/mol. The first-order valence-electron chi connectivity index (χ1n) is 7.22. The van der Waals surface area contributed by atoms with E-state index in [1.807, 2.05) is 30.3 Å². The largest absolute Gasteiger partial charge is 0.479 e. The third-order valence-corrected chi connectivity index (χ3v) is 3.73. The van der Waals surface area contributed by atoms with Crippen molar-refractivity contribution in [1.29, 1.82) is 5.26 Å². The van der Waals surface area contributed by atoms with E-state index in [1.54, 1.807) is 0 Å². The average molecular weight is 258 g/mol. The molecule has 0 amide bonds. The smallest absolute Gasteiger partial charge is 0.174 e. The zero-order valence-electron chi connectivity index (χ0n) is 11.4. The number of nitrogens with one attached hydrogen (secondary N) is 1. The second kappa shape index (κ2) is 7.68. The maximum absolute atomic E-state index is 8.45. The van der Waals surface area contributed by atoms with E-state index in [4.69, 9.17) is 10.00 Å². The van der Waals surface area contributed by atoms with E-state index >= 15 is 0 Å². The Morgan fingerprint density at radius 3 is 2.42 bits per heavy atom. The lowest BCUT2D eigenvalue weighted by atomic mass is 10.0. The second-order valence-corrected chi connectivity index (χ2v) is 5.21. The summed E-state index contributed by atoms with van der Waals surface area (Å²) in [6.45, 7) is 1.17. The van der Waals surface area contributed by atoms with Crippen molar-refractivity contribution in [2.24, 2.45) is 5.92 Å². The van der Waals surface area contributed by atoms with Crippen LogP contribution in [0.5, 0.6) is 5.75 Å². The number of ether oxygens (including phenoxy) is 1. The number of hydrogen-bond acceptors (Lipinski definition) is 3. The summed E-state index contributed by atoms with van der Waals surface area (Å²) in [6, 6.07) is 9.82. The highest BCUT2D eigenvalue weighted by Gasteiger charge is 2.11. The van der Waals surface area contributed by atoms with Crippen LogP contribution in [0.4, 0.5) is 5.69 Å². The number of nitriles is 1. The Balaban J connectivity index is 1.77. The minimum Gasteiger partial charge on any atom is -0.479 e. The van der Waals surface area contributed by atoms with Gasteiger partial charge in [0, 0.05) is 12.2 Å². The molecule has 0 radical (unpaired) electrons. The van der Waals surface area contributed by atoms with Crippen LogP contribution in [0.1, 0.15) is 38.5 Å². The monoisotopic (exact) mass is 258 g/mol. The molecule has 0 bridgehead atoms. The summed E-state index contributed by atoms with van der Waals surface area (Å²) in [6.07, 6.45) is 8.29. The quantitative estimate of drug-likeness (QED) is 0.813. The predicted octanol–water partition coefficient (Wildman–Crippen LogP) is 3.97. The Hall–Kier alpha value is -1.69. The van der Waals surface area contributed by atoms with E-state index in [0.717, 1.165) is 23.9 Å². The van der Waals surface area contributed by atoms with Crippen LogP contribution >= 0.6 is 0 Å². The third-order valence-electron chi connectivity index (χ3n) is 3.73. The zero-order valence-corrected chi connectivity index (χ0v) is 11.4. The highest BCUT2D eigenvalue weighted by molar-refractivity contribution is 5.46. The van der Waals surface area contributed by atoms with Gasteiger partial charge in [0.2, 0.25) is 0 Å². The molecule has 0 spiro atoms. The van der Waals surface area contributed by atoms with Gasteiger partial charge >= 0.3 is 0 Å². The van der Waals surface area contributed by atoms with Crippen molar-refractivity contribution in [3.63, 3.8) is 0 Å². The summed E-state index contributed by atoms with van der Waals surface area (Å²) < 4.78 is 5.23. The second-order valence-electron chi connectivity index (χ2n) is 5.21. The van der Waals surface area contributed by atoms with Gasteiger partial charge in [-0.15, -0.1) is 0 Å². The lowest BCUT2D eigenvalue weighted by Gasteiger charge is -2.15. The number of benzene rings is 1. The van der Waals surface area contributed by atoms with Gasteiger partial charge in [-0.3, -0.25) is 0 Å². The van der Waals surface area contributed by atoms with E-state index in [1.165, 1.54) is 38.5 Å². The van der Waals surface area contributed by atoms with Crippen molar-refractivity contribution in [3.8, 4) is 11.8 Å². The first-order valence-corrected chi connectivity index (χ1v) is 7.22. The van der Waals surface area contributed by atoms with Gasteiger partial charge in [-0.1, -0.05) is 25.7 Å². The van der Waals surface area contributed by atoms with Crippen LogP contribution in [0.25, 0.3) is 0 Å². The summed E-state index contributed by atoms with van der Waals surface area (Å²) in [4.78, 5) is 0. The molecule has 19 heavy (non-hydrogen) atoms. The van der Waals surface area contributed by atoms with Crippen molar-refractivity contribution < 1.29 is 4.74 Å². The fourth-order valence-electron chi connectivity index (χ4n) is 2.61. The van der Waals surface area contributed by atoms with Crippen LogP contribution in [0.3, 0.4) is 0 Å². The fourth-order valence-corrected chi connectivity index (χ4v) is 2.61. The molecule has 0 aromatic heterocycles. The van der Waals surface area contributed by atoms with E-state index in [-0.39, 0.29) is 6.61 Å². The van der Waals surface area contributed by atoms with Crippen molar-refractivity contribution in [1.82, 2.24) is 0 Å². The number of anilines is 1. The molecule has 0 aliphatic heterocycles. The Morgan fingerprint density at radius 1 is 1.11 bits per heavy atom. The molecule has 1 aromatic carbocycles. The Labute approximate surface area is 115 Å². The first kappa shape index (κ1) is 13.7. The molecule has 0 heterocycles. The van der Waals surface area contributed by atoms with E-state index in [2.05, 4.69) is 5.32 Å². The SMILES string of the molecule is N#CCOc1ccc(NCC2CCCCCC2)cc1. The first-order chi connectivity index (χ1) is 9.38. The average Bonchev–Trinajstić information content (AvgIpc) is 2.72. The molecular formula is C16H22N2O. The summed E-state index contributed by atoms with van der Waals surface area (Å²) in [7, 11) is 0. The minimum atomic E-state index is 0.106. The van der Waals surface area contributed by atoms with Gasteiger partial charge in [0.25, 0.3) is 0 Å². The summed E-state index contributed by atoms with van der Waals surface area (Å²) in [5.74, 6) is 1.57. The molecule has 102 valence electrons. The van der Waals surface area contributed by atoms with Crippen molar-refractivity contribution >= 4 is 5.69 Å². The van der Waals surface area contributed by atoms with Crippen LogP contribution in [-0.2, 0) is 0 Å². The van der Waals surface area contributed by atoms with Crippen molar-refractivity contribution in [2.45, 2.75) is 38.5 Å². The normalized spacial score (nSPS) is 16.4. The maximum atomic E-state index is 8.45. The molecule has 1 saturated carbocycles. The molecule has 0 atom stereocenters. The molecule has 1 aliphatic carbocycles. The highest BCUT2D eigenvalue weighted by Crippen LogP contribution is 2.23. The number of nitrogens with zero attached hydrogens (tertiary/aromatic N) is 1. The topological polar surface area (TPSA) is 45.0 Å². The Morgan fingerprint density at radius 2 is 1.79 bits per heavy atom. The minimum absolute atomic E-state index is 0.106. The zero-order chi connectivity index (χ0) is 13.3. The van der Waals surface area contributed by atoms with Crippen LogP contribution in [0.2, 0.25) is 0 Å². The van der Waals surface area contributed by atoms with Crippen LogP contribution in [0, 0.1) is 17.2 Å². The van der Waals surface area contributed by atoms with Gasteiger partial charge in [0.15, 0.2) is 6.61 Å². The molecule has 3 heteroatoms. The lowest BCUT2D eigenvalue weighted by molar-refractivity contribution is 0.368. The van der Waals surface area contributed by atoms with Gasteiger partial charge in [-0.25, -0.2) is 0 Å². The molecule has 1 N–H and O–H groups in total. The van der Waals surface area contributed by atoms with Gasteiger partial charge in [-0.2, -0.15) is 5.26 Å². The van der Waals surface area contributed by atoms with Crippen LogP contribution < -0.4 is 10.1 Å². The molecule has 1 aliphatic rings. The van der Waals surface area contributed by atoms with E-state index in [9.17, 15) is 0 Å². The van der Waals surface area contributed by atoms with Crippen molar-refractivity contribution in [3.05, 3.63) is 24.3 Å². The van der Waals surface area contributed by atoms with Gasteiger partial charge in [0.05, 0.1) is 0 Å². The van der Waals surface area contributed by atoms with E-state index < -0.39 is 0 Å². The van der Waals surface area contributed by atoms with Gasteiger partial charge in [0.1, 0.15) is 11.8 Å². The number of hydrogen-bond donors (Lipinski definition) is 1. The molecule has 2 rings (SSSR count). The maximum Gasteiger partial charge on any atom is 0.174 e.